The number of hydrogen-bond acceptors (Lipinski definition) is 3. The van der Waals surface area contributed by atoms with Crippen LogP contribution in [-0.4, -0.2) is 35.4 Å². The highest BCUT2D eigenvalue weighted by molar-refractivity contribution is 6.30. The van der Waals surface area contributed by atoms with Crippen LogP contribution >= 0.6 is 11.6 Å². The molecule has 0 spiro atoms. The zero-order chi connectivity index (χ0) is 11.4. The summed E-state index contributed by atoms with van der Waals surface area (Å²) in [5, 5.41) is 0.515. The highest BCUT2D eigenvalue weighted by Crippen LogP contribution is 2.08. The minimum absolute atomic E-state index is 0.00465. The predicted octanol–water partition coefficient (Wildman–Crippen LogP) is 1.15. The number of nitrogens with zero attached hydrogens (tertiary/aromatic N) is 2. The Morgan fingerprint density at radius 1 is 1.67 bits per heavy atom. The fourth-order valence-electron chi connectivity index (χ4n) is 1.04. The third-order valence-corrected chi connectivity index (χ3v) is 2.49. The second-order valence-corrected chi connectivity index (χ2v) is 3.80. The molecule has 0 bridgehead atoms. The highest BCUT2D eigenvalue weighted by atomic mass is 35.5. The van der Waals surface area contributed by atoms with Crippen molar-refractivity contribution < 1.29 is 4.79 Å². The van der Waals surface area contributed by atoms with Crippen LogP contribution in [0, 0.1) is 0 Å². The molecule has 4 nitrogen and oxygen atoms in total. The molecule has 0 radical (unpaired) electrons. The Morgan fingerprint density at radius 2 is 2.33 bits per heavy atom. The minimum atomic E-state index is -0.149. The summed E-state index contributed by atoms with van der Waals surface area (Å²) in [7, 11) is 1.70. The molecule has 15 heavy (non-hydrogen) atoms. The topological polar surface area (TPSA) is 59.2 Å². The largest absolute Gasteiger partial charge is 0.336 e. The molecule has 82 valence electrons. The summed E-state index contributed by atoms with van der Waals surface area (Å²) in [6.45, 7) is 2.31. The Balaban J connectivity index is 2.80. The minimum Gasteiger partial charge on any atom is -0.336 e. The molecule has 1 heterocycles. The van der Waals surface area contributed by atoms with Crippen molar-refractivity contribution in [1.82, 2.24) is 9.88 Å². The summed E-state index contributed by atoms with van der Waals surface area (Å²) in [6, 6.07) is 3.24. The van der Waals surface area contributed by atoms with Crippen molar-refractivity contribution in [2.75, 3.05) is 13.6 Å². The van der Waals surface area contributed by atoms with E-state index >= 15 is 0 Å². The standard InChI is InChI=1S/C10H14ClN3O/c1-7(5-12)14(2)10(15)9-4-3-8(11)6-13-9/h3-4,6-7H,5,12H2,1-2H3. The van der Waals surface area contributed by atoms with E-state index in [1.54, 1.807) is 24.1 Å². The summed E-state index contributed by atoms with van der Waals surface area (Å²) < 4.78 is 0. The number of carbonyl (C=O) groups excluding carboxylic acids is 1. The van der Waals surface area contributed by atoms with Crippen LogP contribution in [0.2, 0.25) is 5.02 Å². The van der Waals surface area contributed by atoms with E-state index in [0.717, 1.165) is 0 Å². The van der Waals surface area contributed by atoms with Crippen molar-refractivity contribution in [3.8, 4) is 0 Å². The normalized spacial score (nSPS) is 12.3. The van der Waals surface area contributed by atoms with Crippen LogP contribution in [0.1, 0.15) is 17.4 Å². The van der Waals surface area contributed by atoms with Crippen molar-refractivity contribution in [2.45, 2.75) is 13.0 Å². The zero-order valence-corrected chi connectivity index (χ0v) is 9.53. The first-order chi connectivity index (χ1) is 7.06. The molecule has 1 rings (SSSR count). The van der Waals surface area contributed by atoms with Gasteiger partial charge in [0.15, 0.2) is 0 Å². The zero-order valence-electron chi connectivity index (χ0n) is 8.77. The second-order valence-electron chi connectivity index (χ2n) is 3.36. The molecule has 0 saturated carbocycles. The Bertz CT molecular complexity index is 339. The van der Waals surface area contributed by atoms with Crippen molar-refractivity contribution in [3.05, 3.63) is 29.0 Å². The number of halogens is 1. The average molecular weight is 228 g/mol. The Kier molecular flexibility index (Phi) is 4.05. The molecular weight excluding hydrogens is 214 g/mol. The third kappa shape index (κ3) is 2.91. The maximum Gasteiger partial charge on any atom is 0.272 e. The summed E-state index contributed by atoms with van der Waals surface area (Å²) in [6.07, 6.45) is 1.45. The first-order valence-corrected chi connectivity index (χ1v) is 5.03. The van der Waals surface area contributed by atoms with Gasteiger partial charge in [-0.1, -0.05) is 11.6 Å². The number of amides is 1. The molecule has 0 saturated heterocycles. The van der Waals surface area contributed by atoms with E-state index in [-0.39, 0.29) is 11.9 Å². The predicted molar refractivity (Wildman–Crippen MR) is 59.9 cm³/mol. The van der Waals surface area contributed by atoms with Crippen LogP contribution in [0.15, 0.2) is 18.3 Å². The summed E-state index contributed by atoms with van der Waals surface area (Å²) in [4.78, 5) is 17.3. The SMILES string of the molecule is CC(CN)N(C)C(=O)c1ccc(Cl)cn1. The molecule has 0 aliphatic rings. The molecule has 0 aliphatic heterocycles. The smallest absolute Gasteiger partial charge is 0.272 e. The van der Waals surface area contributed by atoms with E-state index in [1.165, 1.54) is 6.20 Å². The molecule has 0 aliphatic carbocycles. The van der Waals surface area contributed by atoms with Gasteiger partial charge in [-0.2, -0.15) is 0 Å². The number of aromatic nitrogens is 1. The lowest BCUT2D eigenvalue weighted by Crippen LogP contribution is -2.40. The van der Waals surface area contributed by atoms with Crippen molar-refractivity contribution in [1.29, 1.82) is 0 Å². The fourth-order valence-corrected chi connectivity index (χ4v) is 1.15. The van der Waals surface area contributed by atoms with Gasteiger partial charge in [-0.15, -0.1) is 0 Å². The molecule has 0 aromatic carbocycles. The van der Waals surface area contributed by atoms with Crippen LogP contribution < -0.4 is 5.73 Å². The average Bonchev–Trinajstić information content (AvgIpc) is 2.27. The van der Waals surface area contributed by atoms with E-state index in [1.807, 2.05) is 6.92 Å². The van der Waals surface area contributed by atoms with E-state index < -0.39 is 0 Å². The lowest BCUT2D eigenvalue weighted by Gasteiger charge is -2.23. The van der Waals surface area contributed by atoms with E-state index in [4.69, 9.17) is 17.3 Å². The second kappa shape index (κ2) is 5.09. The Labute approximate surface area is 94.0 Å². The molecule has 1 atom stereocenters. The van der Waals surface area contributed by atoms with Gasteiger partial charge in [-0.25, -0.2) is 4.98 Å². The molecule has 1 amide bonds. The third-order valence-electron chi connectivity index (χ3n) is 2.27. The van der Waals surface area contributed by atoms with Gasteiger partial charge in [0.05, 0.1) is 5.02 Å². The molecular formula is C10H14ClN3O. The quantitative estimate of drug-likeness (QED) is 0.843. The maximum atomic E-state index is 11.8. The molecule has 2 N–H and O–H groups in total. The molecule has 1 aromatic heterocycles. The van der Waals surface area contributed by atoms with Gasteiger partial charge in [0.1, 0.15) is 5.69 Å². The van der Waals surface area contributed by atoms with Crippen LogP contribution in [0.25, 0.3) is 0 Å². The first kappa shape index (κ1) is 11.9. The van der Waals surface area contributed by atoms with Gasteiger partial charge in [-0.05, 0) is 19.1 Å². The number of likely N-dealkylation sites (N-methyl/N-ethyl adjacent to an activating group) is 1. The number of carbonyl (C=O) groups is 1. The van der Waals surface area contributed by atoms with E-state index in [0.29, 0.717) is 17.3 Å². The number of nitrogens with two attached hydrogens (primary N) is 1. The van der Waals surface area contributed by atoms with Crippen molar-refractivity contribution >= 4 is 17.5 Å². The van der Waals surface area contributed by atoms with Crippen LogP contribution in [0.4, 0.5) is 0 Å². The first-order valence-electron chi connectivity index (χ1n) is 4.65. The van der Waals surface area contributed by atoms with Crippen molar-refractivity contribution in [2.24, 2.45) is 5.73 Å². The van der Waals surface area contributed by atoms with E-state index in [2.05, 4.69) is 4.98 Å². The molecule has 1 aromatic rings. The van der Waals surface area contributed by atoms with Gasteiger partial charge in [0, 0.05) is 25.8 Å². The van der Waals surface area contributed by atoms with Gasteiger partial charge < -0.3 is 10.6 Å². The number of rotatable bonds is 3. The maximum absolute atomic E-state index is 11.8. The van der Waals surface area contributed by atoms with E-state index in [9.17, 15) is 4.79 Å². The van der Waals surface area contributed by atoms with Gasteiger partial charge in [0.25, 0.3) is 5.91 Å². The van der Waals surface area contributed by atoms with Gasteiger partial charge in [0.2, 0.25) is 0 Å². The summed E-state index contributed by atoms with van der Waals surface area (Å²) in [5.41, 5.74) is 5.85. The molecule has 1 unspecified atom stereocenters. The number of pyridine rings is 1. The van der Waals surface area contributed by atoms with Crippen LogP contribution in [-0.2, 0) is 0 Å². The molecule has 0 fully saturated rings. The summed E-state index contributed by atoms with van der Waals surface area (Å²) in [5.74, 6) is -0.149. The Hall–Kier alpha value is -1.13. The van der Waals surface area contributed by atoms with Crippen LogP contribution in [0.3, 0.4) is 0 Å². The number of hydrogen-bond donors (Lipinski definition) is 1. The molecule has 5 heteroatoms. The monoisotopic (exact) mass is 227 g/mol. The lowest BCUT2D eigenvalue weighted by atomic mass is 10.2. The lowest BCUT2D eigenvalue weighted by molar-refractivity contribution is 0.0742. The fraction of sp³-hybridized carbons (Fsp3) is 0.400. The van der Waals surface area contributed by atoms with Crippen LogP contribution in [0.5, 0.6) is 0 Å². The highest BCUT2D eigenvalue weighted by Gasteiger charge is 2.16. The Morgan fingerprint density at radius 3 is 2.80 bits per heavy atom. The van der Waals surface area contributed by atoms with Crippen molar-refractivity contribution in [3.63, 3.8) is 0 Å². The summed E-state index contributed by atoms with van der Waals surface area (Å²) >= 11 is 5.68. The van der Waals surface area contributed by atoms with Gasteiger partial charge >= 0.3 is 0 Å². The van der Waals surface area contributed by atoms with Gasteiger partial charge in [-0.3, -0.25) is 4.79 Å².